The van der Waals surface area contributed by atoms with Gasteiger partial charge in [-0.25, -0.2) is 0 Å². The highest BCUT2D eigenvalue weighted by Gasteiger charge is 2.19. The first-order valence-electron chi connectivity index (χ1n) is 6.67. The molecular weight excluding hydrogens is 256 g/mol. The second-order valence-electron chi connectivity index (χ2n) is 4.82. The van der Waals surface area contributed by atoms with Crippen molar-refractivity contribution in [1.29, 1.82) is 0 Å². The smallest absolute Gasteiger partial charge is 0.182 e. The van der Waals surface area contributed by atoms with E-state index in [0.717, 1.165) is 6.61 Å². The Labute approximate surface area is 114 Å². The summed E-state index contributed by atoms with van der Waals surface area (Å²) in [5, 5.41) is 2.22. The maximum Gasteiger partial charge on any atom is 0.182 e. The third-order valence-electron chi connectivity index (χ3n) is 3.52. The molecule has 0 aliphatic carbocycles. The molecule has 1 aliphatic heterocycles. The monoisotopic (exact) mass is 274 g/mol. The zero-order chi connectivity index (χ0) is 12.2. The highest BCUT2D eigenvalue weighted by Crippen LogP contribution is 2.30. The van der Waals surface area contributed by atoms with E-state index in [9.17, 15) is 0 Å². The van der Waals surface area contributed by atoms with Crippen LogP contribution in [0, 0.1) is 0 Å². The topological polar surface area (TPSA) is 9.23 Å². The average Bonchev–Trinajstić information content (AvgIpc) is 2.89. The first kappa shape index (κ1) is 12.1. The molecule has 1 saturated heterocycles. The summed E-state index contributed by atoms with van der Waals surface area (Å²) < 4.78 is 5.99. The SMILES string of the molecule is c1ccc(-c2ccsc2C[SiH]2CCCCO2)cc1. The summed E-state index contributed by atoms with van der Waals surface area (Å²) in [5.41, 5.74) is 2.76. The maximum absolute atomic E-state index is 5.99. The van der Waals surface area contributed by atoms with Crippen LogP contribution in [0.1, 0.15) is 17.7 Å². The molecular formula is C15H18OSSi. The van der Waals surface area contributed by atoms with E-state index in [1.54, 1.807) is 0 Å². The van der Waals surface area contributed by atoms with Crippen LogP contribution in [0.3, 0.4) is 0 Å². The van der Waals surface area contributed by atoms with Gasteiger partial charge in [0.1, 0.15) is 0 Å². The van der Waals surface area contributed by atoms with E-state index in [1.807, 2.05) is 11.3 Å². The molecule has 0 saturated carbocycles. The molecule has 1 unspecified atom stereocenters. The van der Waals surface area contributed by atoms with Gasteiger partial charge < -0.3 is 4.43 Å². The zero-order valence-electron chi connectivity index (χ0n) is 10.5. The minimum absolute atomic E-state index is 0.960. The Kier molecular flexibility index (Phi) is 3.93. The van der Waals surface area contributed by atoms with Crippen molar-refractivity contribution < 1.29 is 4.43 Å². The van der Waals surface area contributed by atoms with Crippen LogP contribution < -0.4 is 0 Å². The third kappa shape index (κ3) is 2.74. The quantitative estimate of drug-likeness (QED) is 0.768. The lowest BCUT2D eigenvalue weighted by molar-refractivity contribution is 0.286. The van der Waals surface area contributed by atoms with Crippen LogP contribution >= 0.6 is 11.3 Å². The Morgan fingerprint density at radius 1 is 1.11 bits per heavy atom. The number of benzene rings is 1. The van der Waals surface area contributed by atoms with Gasteiger partial charge in [-0.15, -0.1) is 11.3 Å². The molecule has 1 aliphatic rings. The molecule has 3 heteroatoms. The molecule has 0 N–H and O–H groups in total. The summed E-state index contributed by atoms with van der Waals surface area (Å²) in [7, 11) is -0.960. The van der Waals surface area contributed by atoms with Gasteiger partial charge in [0.25, 0.3) is 0 Å². The van der Waals surface area contributed by atoms with Gasteiger partial charge in [-0.2, -0.15) is 0 Å². The fraction of sp³-hybridized carbons (Fsp3) is 0.333. The molecule has 3 rings (SSSR count). The van der Waals surface area contributed by atoms with Gasteiger partial charge in [-0.1, -0.05) is 36.8 Å². The van der Waals surface area contributed by atoms with E-state index in [2.05, 4.69) is 41.8 Å². The van der Waals surface area contributed by atoms with Crippen LogP contribution in [-0.2, 0) is 10.5 Å². The number of hydrogen-bond acceptors (Lipinski definition) is 2. The van der Waals surface area contributed by atoms with E-state index in [1.165, 1.54) is 40.9 Å². The summed E-state index contributed by atoms with van der Waals surface area (Å²) in [4.78, 5) is 1.53. The van der Waals surface area contributed by atoms with Gasteiger partial charge in [-0.05, 0) is 41.1 Å². The standard InChI is InChI=1S/C15H18OSSi/c1-2-6-13(7-3-1)14-8-10-17-15(14)12-18-11-5-4-9-16-18/h1-3,6-8,10,18H,4-5,9,11-12H2. The van der Waals surface area contributed by atoms with Crippen LogP contribution in [0.25, 0.3) is 11.1 Å². The third-order valence-corrected chi connectivity index (χ3v) is 7.38. The molecule has 2 heterocycles. The molecule has 94 valence electrons. The van der Waals surface area contributed by atoms with Gasteiger partial charge in [-0.3, -0.25) is 0 Å². The van der Waals surface area contributed by atoms with Crippen LogP contribution in [0.5, 0.6) is 0 Å². The van der Waals surface area contributed by atoms with Crippen molar-refractivity contribution >= 4 is 20.4 Å². The highest BCUT2D eigenvalue weighted by molar-refractivity contribution is 7.10. The predicted molar refractivity (Wildman–Crippen MR) is 80.6 cm³/mol. The fourth-order valence-electron chi connectivity index (χ4n) is 2.55. The number of rotatable bonds is 3. The summed E-state index contributed by atoms with van der Waals surface area (Å²) in [6.07, 6.45) is 2.64. The van der Waals surface area contributed by atoms with Crippen molar-refractivity contribution in [1.82, 2.24) is 0 Å². The molecule has 1 atom stereocenters. The van der Waals surface area contributed by atoms with Gasteiger partial charge in [0.05, 0.1) is 0 Å². The summed E-state index contributed by atoms with van der Waals surface area (Å²) >= 11 is 1.89. The van der Waals surface area contributed by atoms with Crippen LogP contribution in [0.4, 0.5) is 0 Å². The Morgan fingerprint density at radius 2 is 2.00 bits per heavy atom. The lowest BCUT2D eigenvalue weighted by Crippen LogP contribution is -2.25. The molecule has 1 nitrogen and oxygen atoms in total. The Morgan fingerprint density at radius 3 is 2.78 bits per heavy atom. The highest BCUT2D eigenvalue weighted by atomic mass is 32.1. The molecule has 0 spiro atoms. The van der Waals surface area contributed by atoms with E-state index in [-0.39, 0.29) is 0 Å². The zero-order valence-corrected chi connectivity index (χ0v) is 12.4. The van der Waals surface area contributed by atoms with Gasteiger partial charge in [0, 0.05) is 11.5 Å². The Bertz CT molecular complexity index is 488. The molecule has 1 aromatic heterocycles. The summed E-state index contributed by atoms with van der Waals surface area (Å²) in [5.74, 6) is 0. The van der Waals surface area contributed by atoms with E-state index < -0.39 is 9.04 Å². The molecule has 0 radical (unpaired) electrons. The lowest BCUT2D eigenvalue weighted by Gasteiger charge is -2.21. The van der Waals surface area contributed by atoms with Crippen molar-refractivity contribution in [2.75, 3.05) is 6.61 Å². The van der Waals surface area contributed by atoms with Crippen molar-refractivity contribution in [3.63, 3.8) is 0 Å². The van der Waals surface area contributed by atoms with Gasteiger partial charge in [0.2, 0.25) is 0 Å². The fourth-order valence-corrected chi connectivity index (χ4v) is 6.54. The minimum Gasteiger partial charge on any atom is -0.420 e. The van der Waals surface area contributed by atoms with E-state index in [4.69, 9.17) is 4.43 Å². The largest absolute Gasteiger partial charge is 0.420 e. The Hall–Kier alpha value is -0.903. The maximum atomic E-state index is 5.99. The molecule has 18 heavy (non-hydrogen) atoms. The minimum atomic E-state index is -0.960. The second-order valence-corrected chi connectivity index (χ2v) is 8.38. The lowest BCUT2D eigenvalue weighted by atomic mass is 10.1. The molecule has 1 aromatic carbocycles. The molecule has 0 amide bonds. The van der Waals surface area contributed by atoms with Crippen molar-refractivity contribution in [3.05, 3.63) is 46.7 Å². The van der Waals surface area contributed by atoms with E-state index >= 15 is 0 Å². The summed E-state index contributed by atoms with van der Waals surface area (Å²) in [6, 6.07) is 15.5. The molecule has 1 fully saturated rings. The summed E-state index contributed by atoms with van der Waals surface area (Å²) in [6.45, 7) is 1.00. The Balaban J connectivity index is 1.79. The van der Waals surface area contributed by atoms with E-state index in [0.29, 0.717) is 0 Å². The van der Waals surface area contributed by atoms with Gasteiger partial charge in [0.15, 0.2) is 9.04 Å². The van der Waals surface area contributed by atoms with Crippen LogP contribution in [-0.4, -0.2) is 15.6 Å². The first-order chi connectivity index (χ1) is 8.93. The number of hydrogen-bond donors (Lipinski definition) is 0. The van der Waals surface area contributed by atoms with Crippen molar-refractivity contribution in [3.8, 4) is 11.1 Å². The second kappa shape index (κ2) is 5.82. The normalized spacial score (nSPS) is 19.9. The van der Waals surface area contributed by atoms with Crippen LogP contribution in [0.2, 0.25) is 6.04 Å². The van der Waals surface area contributed by atoms with Gasteiger partial charge >= 0.3 is 0 Å². The van der Waals surface area contributed by atoms with Crippen LogP contribution in [0.15, 0.2) is 41.8 Å². The van der Waals surface area contributed by atoms with Crippen molar-refractivity contribution in [2.24, 2.45) is 0 Å². The van der Waals surface area contributed by atoms with Crippen molar-refractivity contribution in [2.45, 2.75) is 24.9 Å². The predicted octanol–water partition coefficient (Wildman–Crippen LogP) is 4.03. The first-order valence-corrected chi connectivity index (χ1v) is 9.65. The average molecular weight is 274 g/mol. The molecule has 0 bridgehead atoms. The number of thiophene rings is 1. The molecule has 2 aromatic rings.